The summed E-state index contributed by atoms with van der Waals surface area (Å²) in [6, 6.07) is 11.5. The molecule has 0 radical (unpaired) electrons. The van der Waals surface area contributed by atoms with Crippen LogP contribution in [-0.2, 0) is 0 Å². The van der Waals surface area contributed by atoms with Gasteiger partial charge >= 0.3 is 0 Å². The van der Waals surface area contributed by atoms with Gasteiger partial charge in [0.05, 0.1) is 13.2 Å². The average Bonchev–Trinajstić information content (AvgIpc) is 2.46. The van der Waals surface area contributed by atoms with Crippen molar-refractivity contribution in [2.45, 2.75) is 18.6 Å². The first kappa shape index (κ1) is 14.9. The summed E-state index contributed by atoms with van der Waals surface area (Å²) < 4.78 is 13.4. The Balaban J connectivity index is 2.01. The van der Waals surface area contributed by atoms with Crippen LogP contribution in [0.2, 0.25) is 0 Å². The molecule has 0 aromatic heterocycles. The molecular weight excluding hydrogens is 400 g/mol. The first-order valence-corrected chi connectivity index (χ1v) is 8.14. The summed E-state index contributed by atoms with van der Waals surface area (Å²) in [5, 5.41) is 10.4. The number of rotatable bonds is 2. The fourth-order valence-electron chi connectivity index (χ4n) is 2.56. The normalized spacial score (nSPS) is 20.6. The van der Waals surface area contributed by atoms with Gasteiger partial charge in [-0.15, -0.1) is 0 Å². The van der Waals surface area contributed by atoms with Crippen molar-refractivity contribution in [3.8, 4) is 11.5 Å². The van der Waals surface area contributed by atoms with Crippen LogP contribution in [0.5, 0.6) is 11.5 Å². The van der Waals surface area contributed by atoms with Crippen molar-refractivity contribution in [1.82, 2.24) is 0 Å². The van der Waals surface area contributed by atoms with Crippen LogP contribution in [0.15, 0.2) is 45.3 Å². The standard InChI is InChI=1S/C16H14Br2O3/c1-20-14-5-3-9(17)6-12(14)16-8-13(19)11-4-2-10(18)7-15(11)21-16/h2-7,13,16,19H,8H2,1H3/t13-,16?/m1/s1. The van der Waals surface area contributed by atoms with E-state index in [4.69, 9.17) is 9.47 Å². The highest BCUT2D eigenvalue weighted by Crippen LogP contribution is 2.44. The second-order valence-corrected chi connectivity index (χ2v) is 6.76. The van der Waals surface area contributed by atoms with Crippen LogP contribution in [0, 0.1) is 0 Å². The predicted octanol–water partition coefficient (Wildman–Crippen LogP) is 4.78. The van der Waals surface area contributed by atoms with E-state index >= 15 is 0 Å². The molecule has 0 saturated heterocycles. The van der Waals surface area contributed by atoms with Crippen molar-refractivity contribution in [2.75, 3.05) is 7.11 Å². The van der Waals surface area contributed by atoms with Gasteiger partial charge in [-0.3, -0.25) is 0 Å². The van der Waals surface area contributed by atoms with E-state index in [-0.39, 0.29) is 6.10 Å². The summed E-state index contributed by atoms with van der Waals surface area (Å²) in [7, 11) is 1.64. The molecule has 2 atom stereocenters. The van der Waals surface area contributed by atoms with Gasteiger partial charge in [0, 0.05) is 26.5 Å². The van der Waals surface area contributed by atoms with Crippen LogP contribution in [0.1, 0.15) is 29.8 Å². The lowest BCUT2D eigenvalue weighted by Gasteiger charge is -2.30. The zero-order valence-corrected chi connectivity index (χ0v) is 14.5. The third kappa shape index (κ3) is 2.96. The molecule has 1 N–H and O–H groups in total. The van der Waals surface area contributed by atoms with Gasteiger partial charge in [0.15, 0.2) is 0 Å². The minimum Gasteiger partial charge on any atom is -0.496 e. The molecule has 2 aromatic carbocycles. The van der Waals surface area contributed by atoms with E-state index in [2.05, 4.69) is 31.9 Å². The molecule has 1 aliphatic rings. The third-order valence-electron chi connectivity index (χ3n) is 3.58. The van der Waals surface area contributed by atoms with Crippen molar-refractivity contribution in [3.63, 3.8) is 0 Å². The van der Waals surface area contributed by atoms with Crippen LogP contribution in [0.25, 0.3) is 0 Å². The maximum Gasteiger partial charge on any atom is 0.130 e. The highest BCUT2D eigenvalue weighted by Gasteiger charge is 2.30. The van der Waals surface area contributed by atoms with Crippen LogP contribution in [0.3, 0.4) is 0 Å². The maximum absolute atomic E-state index is 10.4. The van der Waals surface area contributed by atoms with Gasteiger partial charge < -0.3 is 14.6 Å². The van der Waals surface area contributed by atoms with Gasteiger partial charge in [0.2, 0.25) is 0 Å². The summed E-state index contributed by atoms with van der Waals surface area (Å²) in [6.07, 6.45) is -0.286. The number of halogens is 2. The van der Waals surface area contributed by atoms with Crippen LogP contribution >= 0.6 is 31.9 Å². The Hall–Kier alpha value is -1.04. The maximum atomic E-state index is 10.4. The minimum atomic E-state index is -0.546. The molecule has 0 spiro atoms. The molecule has 0 aliphatic carbocycles. The number of ether oxygens (including phenoxy) is 2. The van der Waals surface area contributed by atoms with Gasteiger partial charge in [-0.25, -0.2) is 0 Å². The molecule has 3 rings (SSSR count). The van der Waals surface area contributed by atoms with Gasteiger partial charge in [-0.05, 0) is 30.3 Å². The molecule has 0 amide bonds. The van der Waals surface area contributed by atoms with E-state index in [0.29, 0.717) is 12.2 Å². The first-order chi connectivity index (χ1) is 10.1. The zero-order valence-electron chi connectivity index (χ0n) is 11.3. The molecule has 0 bridgehead atoms. The molecular formula is C16H14Br2O3. The molecule has 3 nitrogen and oxygen atoms in total. The number of benzene rings is 2. The van der Waals surface area contributed by atoms with Crippen molar-refractivity contribution in [2.24, 2.45) is 0 Å². The Morgan fingerprint density at radius 2 is 1.81 bits per heavy atom. The van der Waals surface area contributed by atoms with Crippen molar-refractivity contribution >= 4 is 31.9 Å². The van der Waals surface area contributed by atoms with Crippen molar-refractivity contribution < 1.29 is 14.6 Å². The summed E-state index contributed by atoms with van der Waals surface area (Å²) >= 11 is 6.90. The summed E-state index contributed by atoms with van der Waals surface area (Å²) in [5.41, 5.74) is 1.75. The van der Waals surface area contributed by atoms with E-state index in [1.54, 1.807) is 7.11 Å². The second kappa shape index (κ2) is 5.99. The Kier molecular flexibility index (Phi) is 4.24. The molecule has 21 heavy (non-hydrogen) atoms. The van der Waals surface area contributed by atoms with Crippen molar-refractivity contribution in [1.29, 1.82) is 0 Å². The van der Waals surface area contributed by atoms with E-state index < -0.39 is 6.10 Å². The summed E-state index contributed by atoms with van der Waals surface area (Å²) in [6.45, 7) is 0. The molecule has 5 heteroatoms. The fourth-order valence-corrected chi connectivity index (χ4v) is 3.28. The monoisotopic (exact) mass is 412 g/mol. The summed E-state index contributed by atoms with van der Waals surface area (Å²) in [4.78, 5) is 0. The zero-order chi connectivity index (χ0) is 15.0. The molecule has 110 valence electrons. The van der Waals surface area contributed by atoms with E-state index in [1.807, 2.05) is 36.4 Å². The topological polar surface area (TPSA) is 38.7 Å². The SMILES string of the molecule is COc1ccc(Br)cc1C1C[C@@H](O)c2ccc(Br)cc2O1. The molecule has 1 heterocycles. The van der Waals surface area contributed by atoms with Crippen LogP contribution in [0.4, 0.5) is 0 Å². The second-order valence-electron chi connectivity index (χ2n) is 4.93. The smallest absolute Gasteiger partial charge is 0.130 e. The number of aliphatic hydroxyl groups is 1. The minimum absolute atomic E-state index is 0.241. The Morgan fingerprint density at radius 3 is 2.57 bits per heavy atom. The number of fused-ring (bicyclic) bond motifs is 1. The van der Waals surface area contributed by atoms with Gasteiger partial charge in [-0.1, -0.05) is 37.9 Å². The first-order valence-electron chi connectivity index (χ1n) is 6.56. The molecule has 1 unspecified atom stereocenters. The molecule has 0 saturated carbocycles. The molecule has 2 aromatic rings. The highest BCUT2D eigenvalue weighted by molar-refractivity contribution is 9.10. The van der Waals surface area contributed by atoms with Crippen LogP contribution < -0.4 is 9.47 Å². The lowest BCUT2D eigenvalue weighted by Crippen LogP contribution is -2.19. The summed E-state index contributed by atoms with van der Waals surface area (Å²) in [5.74, 6) is 1.46. The third-order valence-corrected chi connectivity index (χ3v) is 4.57. The largest absolute Gasteiger partial charge is 0.496 e. The fraction of sp³-hybridized carbons (Fsp3) is 0.250. The number of aliphatic hydroxyl groups excluding tert-OH is 1. The van der Waals surface area contributed by atoms with Gasteiger partial charge in [0.25, 0.3) is 0 Å². The van der Waals surface area contributed by atoms with Crippen LogP contribution in [-0.4, -0.2) is 12.2 Å². The lowest BCUT2D eigenvalue weighted by atomic mass is 9.94. The number of hydrogen-bond donors (Lipinski definition) is 1. The highest BCUT2D eigenvalue weighted by atomic mass is 79.9. The molecule has 1 aliphatic heterocycles. The average molecular weight is 414 g/mol. The number of methoxy groups -OCH3 is 1. The lowest BCUT2D eigenvalue weighted by molar-refractivity contribution is 0.0644. The number of hydrogen-bond acceptors (Lipinski definition) is 3. The van der Waals surface area contributed by atoms with E-state index in [1.165, 1.54) is 0 Å². The predicted molar refractivity (Wildman–Crippen MR) is 87.8 cm³/mol. The quantitative estimate of drug-likeness (QED) is 0.769. The van der Waals surface area contributed by atoms with Gasteiger partial charge in [-0.2, -0.15) is 0 Å². The van der Waals surface area contributed by atoms with E-state index in [9.17, 15) is 5.11 Å². The molecule has 0 fully saturated rings. The Morgan fingerprint density at radius 1 is 1.10 bits per heavy atom. The van der Waals surface area contributed by atoms with E-state index in [0.717, 1.165) is 25.8 Å². The van der Waals surface area contributed by atoms with Gasteiger partial charge in [0.1, 0.15) is 17.6 Å². The Bertz CT molecular complexity index is 673. The Labute approximate surface area is 140 Å². The van der Waals surface area contributed by atoms with Crippen molar-refractivity contribution in [3.05, 3.63) is 56.5 Å².